The minimum atomic E-state index is -2.70. The van der Waals surface area contributed by atoms with Crippen LogP contribution in [0.5, 0.6) is 0 Å². The SMILES string of the molecule is c1ccc([Si](c2ccccc2)(c2ccccc2)c2ccc(N(c3ccc4c(c3)oc3ccccc34)c3ccc4c(c3)c3cccc5c6ccccc6n4c53)cc2)cc1. The van der Waals surface area contributed by atoms with Crippen molar-refractivity contribution in [3.63, 3.8) is 0 Å². The molecule has 0 unspecified atom stereocenters. The second-order valence-electron chi connectivity index (χ2n) is 15.3. The molecule has 3 heterocycles. The van der Waals surface area contributed by atoms with E-state index in [-0.39, 0.29) is 0 Å². The Balaban J connectivity index is 1.09. The van der Waals surface area contributed by atoms with Crippen LogP contribution in [-0.2, 0) is 0 Å². The van der Waals surface area contributed by atoms with E-state index in [0.717, 1.165) is 39.0 Å². The minimum absolute atomic E-state index is 0.873. The first-order valence-electron chi connectivity index (χ1n) is 19.9. The van der Waals surface area contributed by atoms with Crippen molar-refractivity contribution in [2.45, 2.75) is 0 Å². The predicted octanol–water partition coefficient (Wildman–Crippen LogP) is 11.6. The third kappa shape index (κ3) is 4.73. The van der Waals surface area contributed by atoms with Crippen LogP contribution in [0.1, 0.15) is 0 Å². The van der Waals surface area contributed by atoms with Crippen LogP contribution >= 0.6 is 0 Å². The van der Waals surface area contributed by atoms with Gasteiger partial charge in [-0.2, -0.15) is 0 Å². The topological polar surface area (TPSA) is 20.8 Å². The normalized spacial score (nSPS) is 12.1. The molecule has 9 aromatic carbocycles. The molecule has 4 heteroatoms. The Morgan fingerprint density at radius 1 is 0.328 bits per heavy atom. The molecular weight excluding hydrogens is 721 g/mol. The summed E-state index contributed by atoms with van der Waals surface area (Å²) in [6.45, 7) is 0. The summed E-state index contributed by atoms with van der Waals surface area (Å²) >= 11 is 0. The summed E-state index contributed by atoms with van der Waals surface area (Å²) in [6.07, 6.45) is 0. The fraction of sp³-hybridized carbons (Fsp3) is 0. The zero-order valence-corrected chi connectivity index (χ0v) is 32.6. The molecule has 3 nitrogen and oxygen atoms in total. The summed E-state index contributed by atoms with van der Waals surface area (Å²) in [4.78, 5) is 2.39. The second kappa shape index (κ2) is 12.8. The lowest BCUT2D eigenvalue weighted by molar-refractivity contribution is 0.669. The van der Waals surface area contributed by atoms with Crippen molar-refractivity contribution < 1.29 is 4.42 Å². The molecule has 0 radical (unpaired) electrons. The Hall–Kier alpha value is -7.40. The van der Waals surface area contributed by atoms with Crippen LogP contribution < -0.4 is 25.6 Å². The smallest absolute Gasteiger partial charge is 0.179 e. The highest BCUT2D eigenvalue weighted by Crippen LogP contribution is 2.43. The fourth-order valence-electron chi connectivity index (χ4n) is 9.79. The predicted molar refractivity (Wildman–Crippen MR) is 247 cm³/mol. The van der Waals surface area contributed by atoms with Crippen molar-refractivity contribution in [1.29, 1.82) is 0 Å². The monoisotopic (exact) mass is 756 g/mol. The molecule has 0 amide bonds. The van der Waals surface area contributed by atoms with Crippen LogP contribution in [0.25, 0.3) is 60.0 Å². The quantitative estimate of drug-likeness (QED) is 0.119. The average molecular weight is 757 g/mol. The zero-order chi connectivity index (χ0) is 38.2. The van der Waals surface area contributed by atoms with Crippen molar-refractivity contribution in [2.24, 2.45) is 0 Å². The lowest BCUT2D eigenvalue weighted by atomic mass is 10.1. The molecule has 0 aliphatic heterocycles. The summed E-state index contributed by atoms with van der Waals surface area (Å²) in [5.41, 5.74) is 8.71. The number of anilines is 3. The number of benzene rings is 9. The molecule has 58 heavy (non-hydrogen) atoms. The Bertz CT molecular complexity index is 3350. The van der Waals surface area contributed by atoms with E-state index >= 15 is 0 Å². The van der Waals surface area contributed by atoms with Crippen molar-refractivity contribution in [2.75, 3.05) is 4.90 Å². The maximum Gasteiger partial charge on any atom is 0.179 e. The third-order valence-corrected chi connectivity index (χ3v) is 17.1. The molecule has 3 aromatic heterocycles. The molecule has 0 spiro atoms. The molecule has 0 N–H and O–H groups in total. The Morgan fingerprint density at radius 3 is 1.50 bits per heavy atom. The summed E-state index contributed by atoms with van der Waals surface area (Å²) in [7, 11) is -2.70. The molecule has 12 rings (SSSR count). The highest BCUT2D eigenvalue weighted by Gasteiger charge is 2.41. The number of fused-ring (bicyclic) bond motifs is 9. The van der Waals surface area contributed by atoms with Gasteiger partial charge in [-0.3, -0.25) is 0 Å². The number of nitrogens with zero attached hydrogens (tertiary/aromatic N) is 2. The van der Waals surface area contributed by atoms with Gasteiger partial charge in [0.2, 0.25) is 0 Å². The van der Waals surface area contributed by atoms with Gasteiger partial charge in [0, 0.05) is 55.4 Å². The molecule has 0 aliphatic carbocycles. The van der Waals surface area contributed by atoms with Gasteiger partial charge in [-0.1, -0.05) is 158 Å². The molecule has 0 saturated heterocycles. The molecule has 0 bridgehead atoms. The second-order valence-corrected chi connectivity index (χ2v) is 19.1. The van der Waals surface area contributed by atoms with E-state index in [2.05, 4.69) is 216 Å². The van der Waals surface area contributed by atoms with E-state index in [1.54, 1.807) is 0 Å². The molecule has 0 fully saturated rings. The van der Waals surface area contributed by atoms with E-state index in [4.69, 9.17) is 4.42 Å². The standard InChI is InChI=1S/C54H36N2OSi/c1-4-15-40(16-5-1)58(41-17-6-2-7-18-41,42-19-8-3-9-20-42)43-31-27-37(28-32-43)55(39-29-33-46-45-22-11-13-26-52(45)57-53(46)36-39)38-30-34-51-49(35-38)48-24-14-23-47-44-21-10-12-25-50(44)56(51)54(47)48/h1-36H. The number of hydrogen-bond acceptors (Lipinski definition) is 2. The van der Waals surface area contributed by atoms with Crippen LogP contribution in [0.4, 0.5) is 17.1 Å². The molecular formula is C54H36N2OSi. The van der Waals surface area contributed by atoms with Gasteiger partial charge >= 0.3 is 0 Å². The van der Waals surface area contributed by atoms with Crippen molar-refractivity contribution in [1.82, 2.24) is 4.40 Å². The summed E-state index contributed by atoms with van der Waals surface area (Å²) < 4.78 is 8.93. The van der Waals surface area contributed by atoms with Gasteiger partial charge < -0.3 is 13.7 Å². The maximum atomic E-state index is 6.49. The van der Waals surface area contributed by atoms with Crippen LogP contribution in [0.3, 0.4) is 0 Å². The van der Waals surface area contributed by atoms with Gasteiger partial charge in [-0.25, -0.2) is 0 Å². The van der Waals surface area contributed by atoms with E-state index in [1.165, 1.54) is 58.8 Å². The van der Waals surface area contributed by atoms with Gasteiger partial charge in [-0.15, -0.1) is 0 Å². The van der Waals surface area contributed by atoms with Crippen molar-refractivity contribution >= 4 is 106 Å². The lowest BCUT2D eigenvalue weighted by Gasteiger charge is -2.35. The van der Waals surface area contributed by atoms with Crippen molar-refractivity contribution in [3.05, 3.63) is 218 Å². The Morgan fingerprint density at radius 2 is 0.810 bits per heavy atom. The van der Waals surface area contributed by atoms with Gasteiger partial charge in [0.05, 0.1) is 16.6 Å². The van der Waals surface area contributed by atoms with E-state index < -0.39 is 8.07 Å². The lowest BCUT2D eigenvalue weighted by Crippen LogP contribution is -2.74. The molecule has 0 aliphatic rings. The minimum Gasteiger partial charge on any atom is -0.456 e. The number of aromatic nitrogens is 1. The number of rotatable bonds is 7. The van der Waals surface area contributed by atoms with Crippen molar-refractivity contribution in [3.8, 4) is 0 Å². The first kappa shape index (κ1) is 32.8. The highest BCUT2D eigenvalue weighted by molar-refractivity contribution is 7.19. The first-order chi connectivity index (χ1) is 28.8. The Labute approximate surface area is 336 Å². The van der Waals surface area contributed by atoms with Gasteiger partial charge in [0.25, 0.3) is 0 Å². The average Bonchev–Trinajstić information content (AvgIpc) is 3.95. The summed E-state index contributed by atoms with van der Waals surface area (Å²) in [5, 5.41) is 12.7. The van der Waals surface area contributed by atoms with E-state index in [9.17, 15) is 0 Å². The molecule has 272 valence electrons. The molecule has 12 aromatic rings. The van der Waals surface area contributed by atoms with Gasteiger partial charge in [0.15, 0.2) is 8.07 Å². The first-order valence-corrected chi connectivity index (χ1v) is 21.9. The van der Waals surface area contributed by atoms with Crippen LogP contribution in [0.2, 0.25) is 0 Å². The van der Waals surface area contributed by atoms with Crippen LogP contribution in [-0.4, -0.2) is 12.5 Å². The third-order valence-electron chi connectivity index (χ3n) is 12.3. The molecule has 0 saturated carbocycles. The zero-order valence-electron chi connectivity index (χ0n) is 31.6. The van der Waals surface area contributed by atoms with E-state index in [0.29, 0.717) is 0 Å². The van der Waals surface area contributed by atoms with Crippen LogP contribution in [0, 0.1) is 0 Å². The van der Waals surface area contributed by atoms with Gasteiger partial charge in [-0.05, 0) is 75.3 Å². The number of hydrogen-bond donors (Lipinski definition) is 0. The maximum absolute atomic E-state index is 6.49. The summed E-state index contributed by atoms with van der Waals surface area (Å²) in [6, 6.07) is 80.1. The Kier molecular flexibility index (Phi) is 7.25. The van der Waals surface area contributed by atoms with Crippen LogP contribution in [0.15, 0.2) is 223 Å². The number of para-hydroxylation sites is 3. The van der Waals surface area contributed by atoms with E-state index in [1.807, 2.05) is 12.1 Å². The fourth-order valence-corrected chi connectivity index (χ4v) is 14.5. The highest BCUT2D eigenvalue weighted by atomic mass is 28.3. The number of furan rings is 1. The molecule has 0 atom stereocenters. The van der Waals surface area contributed by atoms with Gasteiger partial charge in [0.1, 0.15) is 11.2 Å². The summed E-state index contributed by atoms with van der Waals surface area (Å²) in [5.74, 6) is 0. The largest absolute Gasteiger partial charge is 0.456 e.